The molecule has 0 saturated heterocycles. The van der Waals surface area contributed by atoms with E-state index in [0.29, 0.717) is 11.8 Å². The molecule has 0 radical (unpaired) electrons. The number of likely N-dealkylation sites (N-methyl/N-ethyl adjacent to an activating group) is 1. The van der Waals surface area contributed by atoms with Gasteiger partial charge in [0, 0.05) is 6.54 Å². The van der Waals surface area contributed by atoms with Crippen molar-refractivity contribution in [1.82, 2.24) is 4.90 Å². The molecule has 3 heteroatoms. The van der Waals surface area contributed by atoms with Crippen molar-refractivity contribution in [2.45, 2.75) is 53.4 Å². The Morgan fingerprint density at radius 1 is 0.952 bits per heavy atom. The zero-order chi connectivity index (χ0) is 15.1. The van der Waals surface area contributed by atoms with Gasteiger partial charge in [0.1, 0.15) is 12.4 Å². The summed E-state index contributed by atoms with van der Waals surface area (Å²) in [5.74, 6) is 2.11. The lowest BCUT2D eigenvalue weighted by Gasteiger charge is -2.22. The van der Waals surface area contributed by atoms with Gasteiger partial charge in [-0.2, -0.15) is 0 Å². The maximum atomic E-state index is 6.18. The molecule has 0 atom stereocenters. The summed E-state index contributed by atoms with van der Waals surface area (Å²) in [5, 5.41) is 0. The number of hydrogen-bond acceptors (Lipinski definition) is 2. The molecular formula is C18H32ClNO. The van der Waals surface area contributed by atoms with Crippen molar-refractivity contribution in [3.8, 4) is 5.75 Å². The Bertz CT molecular complexity index is 374. The molecule has 0 aliphatic carbocycles. The molecule has 1 rings (SSSR count). The third-order valence-corrected chi connectivity index (χ3v) is 3.87. The van der Waals surface area contributed by atoms with E-state index in [1.165, 1.54) is 11.1 Å². The lowest BCUT2D eigenvalue weighted by molar-refractivity contribution is 0.219. The second kappa shape index (κ2) is 10.1. The molecule has 0 aromatic heterocycles. The summed E-state index contributed by atoms with van der Waals surface area (Å²) in [7, 11) is 0. The Labute approximate surface area is 137 Å². The molecule has 1 aromatic rings. The first-order valence-electron chi connectivity index (χ1n) is 7.99. The smallest absolute Gasteiger partial charge is 0.126 e. The average Bonchev–Trinajstić information content (AvgIpc) is 2.43. The number of nitrogens with zero attached hydrogens (tertiary/aromatic N) is 1. The largest absolute Gasteiger partial charge is 0.492 e. The molecule has 0 N–H and O–H groups in total. The second-order valence-corrected chi connectivity index (χ2v) is 5.95. The number of hydrogen-bond donors (Lipinski definition) is 0. The maximum Gasteiger partial charge on any atom is 0.126 e. The third-order valence-electron chi connectivity index (χ3n) is 3.87. The summed E-state index contributed by atoms with van der Waals surface area (Å²) < 4.78 is 6.18. The van der Waals surface area contributed by atoms with Gasteiger partial charge in [-0.3, -0.25) is 0 Å². The predicted molar refractivity (Wildman–Crippen MR) is 95.2 cm³/mol. The summed E-state index contributed by atoms with van der Waals surface area (Å²) in [6.45, 7) is 17.3. The molecule has 0 bridgehead atoms. The zero-order valence-electron chi connectivity index (χ0n) is 14.5. The number of ether oxygens (including phenoxy) is 1. The lowest BCUT2D eigenvalue weighted by atomic mass is 9.94. The van der Waals surface area contributed by atoms with Crippen molar-refractivity contribution in [2.24, 2.45) is 0 Å². The second-order valence-electron chi connectivity index (χ2n) is 5.95. The molecule has 0 aliphatic rings. The summed E-state index contributed by atoms with van der Waals surface area (Å²) in [6, 6.07) is 6.55. The van der Waals surface area contributed by atoms with E-state index in [9.17, 15) is 0 Å². The molecule has 0 heterocycles. The van der Waals surface area contributed by atoms with Crippen LogP contribution in [0.5, 0.6) is 5.75 Å². The van der Waals surface area contributed by atoms with Gasteiger partial charge in [0.15, 0.2) is 0 Å². The molecule has 0 aliphatic heterocycles. The zero-order valence-corrected chi connectivity index (χ0v) is 15.3. The van der Waals surface area contributed by atoms with Crippen LogP contribution in [0.25, 0.3) is 0 Å². The van der Waals surface area contributed by atoms with Crippen molar-refractivity contribution in [2.75, 3.05) is 26.2 Å². The van der Waals surface area contributed by atoms with E-state index in [-0.39, 0.29) is 12.4 Å². The minimum absolute atomic E-state index is 0. The highest BCUT2D eigenvalue weighted by Crippen LogP contribution is 2.34. The van der Waals surface area contributed by atoms with Gasteiger partial charge in [-0.25, -0.2) is 0 Å². The molecule has 122 valence electrons. The Balaban J connectivity index is 0.00000400. The molecule has 1 aromatic carbocycles. The van der Waals surface area contributed by atoms with Crippen molar-refractivity contribution < 1.29 is 4.74 Å². The highest BCUT2D eigenvalue weighted by atomic mass is 35.5. The van der Waals surface area contributed by atoms with Crippen molar-refractivity contribution in [1.29, 1.82) is 0 Å². The van der Waals surface area contributed by atoms with Crippen LogP contribution in [-0.4, -0.2) is 31.1 Å². The first-order chi connectivity index (χ1) is 9.51. The number of rotatable bonds is 8. The van der Waals surface area contributed by atoms with Gasteiger partial charge in [-0.15, -0.1) is 12.4 Å². The van der Waals surface area contributed by atoms with E-state index < -0.39 is 0 Å². The highest BCUT2D eigenvalue weighted by molar-refractivity contribution is 5.85. The van der Waals surface area contributed by atoms with Crippen LogP contribution in [-0.2, 0) is 0 Å². The van der Waals surface area contributed by atoms with Gasteiger partial charge in [-0.1, -0.05) is 59.7 Å². The van der Waals surface area contributed by atoms with E-state index in [0.717, 1.165) is 32.0 Å². The third kappa shape index (κ3) is 5.88. The number of para-hydroxylation sites is 1. The molecule has 0 saturated carbocycles. The van der Waals surface area contributed by atoms with Gasteiger partial charge < -0.3 is 9.64 Å². The van der Waals surface area contributed by atoms with Gasteiger partial charge in [0.2, 0.25) is 0 Å². The molecule has 0 amide bonds. The SMILES string of the molecule is CCN(CC)CCOc1c(C(C)C)cccc1C(C)C.Cl. The van der Waals surface area contributed by atoms with Gasteiger partial charge in [-0.05, 0) is 36.1 Å². The first kappa shape index (κ1) is 20.3. The lowest BCUT2D eigenvalue weighted by Crippen LogP contribution is -2.28. The van der Waals surface area contributed by atoms with Crippen LogP contribution in [0.15, 0.2) is 18.2 Å². The Morgan fingerprint density at radius 2 is 1.43 bits per heavy atom. The predicted octanol–water partition coefficient (Wildman–Crippen LogP) is 5.08. The van der Waals surface area contributed by atoms with Gasteiger partial charge in [0.25, 0.3) is 0 Å². The van der Waals surface area contributed by atoms with Crippen LogP contribution in [0.1, 0.15) is 64.5 Å². The molecule has 21 heavy (non-hydrogen) atoms. The van der Waals surface area contributed by atoms with Crippen molar-refractivity contribution in [3.63, 3.8) is 0 Å². The van der Waals surface area contributed by atoms with Crippen molar-refractivity contribution in [3.05, 3.63) is 29.3 Å². The minimum atomic E-state index is 0. The summed E-state index contributed by atoms with van der Waals surface area (Å²) in [4.78, 5) is 2.40. The van der Waals surface area contributed by atoms with Crippen LogP contribution in [0.2, 0.25) is 0 Å². The van der Waals surface area contributed by atoms with Crippen LogP contribution in [0.3, 0.4) is 0 Å². The van der Waals surface area contributed by atoms with Crippen LogP contribution < -0.4 is 4.74 Å². The first-order valence-corrected chi connectivity index (χ1v) is 7.99. The van der Waals surface area contributed by atoms with E-state index in [1.807, 2.05) is 0 Å². The Morgan fingerprint density at radius 3 is 1.81 bits per heavy atom. The van der Waals surface area contributed by atoms with E-state index in [2.05, 4.69) is 64.6 Å². The summed E-state index contributed by atoms with van der Waals surface area (Å²) in [5.41, 5.74) is 2.66. The fourth-order valence-electron chi connectivity index (χ4n) is 2.47. The van der Waals surface area contributed by atoms with Crippen molar-refractivity contribution >= 4 is 12.4 Å². The minimum Gasteiger partial charge on any atom is -0.492 e. The van der Waals surface area contributed by atoms with E-state index in [4.69, 9.17) is 4.74 Å². The molecule has 2 nitrogen and oxygen atoms in total. The molecular weight excluding hydrogens is 282 g/mol. The maximum absolute atomic E-state index is 6.18. The van der Waals surface area contributed by atoms with Crippen LogP contribution in [0, 0.1) is 0 Å². The van der Waals surface area contributed by atoms with E-state index >= 15 is 0 Å². The average molecular weight is 314 g/mol. The number of halogens is 1. The highest BCUT2D eigenvalue weighted by Gasteiger charge is 2.15. The summed E-state index contributed by atoms with van der Waals surface area (Å²) in [6.07, 6.45) is 0. The molecule has 0 unspecified atom stereocenters. The molecule has 0 fully saturated rings. The van der Waals surface area contributed by atoms with Gasteiger partial charge >= 0.3 is 0 Å². The Hall–Kier alpha value is -0.730. The quantitative estimate of drug-likeness (QED) is 0.664. The fourth-order valence-corrected chi connectivity index (χ4v) is 2.47. The van der Waals surface area contributed by atoms with Gasteiger partial charge in [0.05, 0.1) is 0 Å². The Kier molecular flexibility index (Phi) is 9.72. The topological polar surface area (TPSA) is 12.5 Å². The fraction of sp³-hybridized carbons (Fsp3) is 0.667. The molecule has 0 spiro atoms. The van der Waals surface area contributed by atoms with Crippen LogP contribution in [0.4, 0.5) is 0 Å². The van der Waals surface area contributed by atoms with E-state index in [1.54, 1.807) is 0 Å². The number of benzene rings is 1. The van der Waals surface area contributed by atoms with Crippen LogP contribution >= 0.6 is 12.4 Å². The summed E-state index contributed by atoms with van der Waals surface area (Å²) >= 11 is 0. The normalized spacial score (nSPS) is 11.1. The monoisotopic (exact) mass is 313 g/mol. The standard InChI is InChI=1S/C18H31NO.ClH/c1-7-19(8-2)12-13-20-18-16(14(3)4)10-9-11-17(18)15(5)6;/h9-11,14-15H,7-8,12-13H2,1-6H3;1H.